The molecule has 162 valence electrons. The van der Waals surface area contributed by atoms with Gasteiger partial charge in [0, 0.05) is 16.0 Å². The lowest BCUT2D eigenvalue weighted by molar-refractivity contribution is 0.0828. The molecule has 2 aromatic carbocycles. The number of hydrogen-bond acceptors (Lipinski definition) is 5. The average molecular weight is 482 g/mol. The van der Waals surface area contributed by atoms with Gasteiger partial charge in [0.25, 0.3) is 0 Å². The minimum atomic E-state index is 0.0886. The fourth-order valence-electron chi connectivity index (χ4n) is 4.12. The molecule has 0 amide bonds. The van der Waals surface area contributed by atoms with Crippen LogP contribution in [0.4, 0.5) is 0 Å². The van der Waals surface area contributed by atoms with Crippen LogP contribution in [0, 0.1) is 11.8 Å². The highest BCUT2D eigenvalue weighted by molar-refractivity contribution is 9.10. The van der Waals surface area contributed by atoms with E-state index in [9.17, 15) is 4.79 Å². The Balaban J connectivity index is 1.31. The highest BCUT2D eigenvalue weighted by Gasteiger charge is 2.26. The largest absolute Gasteiger partial charge is 0.419 e. The van der Waals surface area contributed by atoms with Gasteiger partial charge in [0.1, 0.15) is 0 Å². The lowest BCUT2D eigenvalue weighted by atomic mass is 9.88. The summed E-state index contributed by atoms with van der Waals surface area (Å²) in [7, 11) is 0. The number of Topliss-reactive ketones (excluding diaryl/α,β-unsaturated/α-hetero) is 1. The first-order valence-corrected chi connectivity index (χ1v) is 11.7. The summed E-state index contributed by atoms with van der Waals surface area (Å²) in [6, 6.07) is 16.0. The summed E-state index contributed by atoms with van der Waals surface area (Å²) in [6.07, 6.45) is 2.76. The Labute approximate surface area is 192 Å². The Bertz CT molecular complexity index is 1020. The molecule has 0 aliphatic carbocycles. The number of aromatic nitrogens is 2. The number of hydrogen-bond donors (Lipinski definition) is 0. The maximum Gasteiger partial charge on any atom is 0.248 e. The number of ketones is 1. The van der Waals surface area contributed by atoms with Crippen LogP contribution >= 0.6 is 15.9 Å². The van der Waals surface area contributed by atoms with E-state index in [-0.39, 0.29) is 11.7 Å². The van der Waals surface area contributed by atoms with Gasteiger partial charge in [0.05, 0.1) is 12.1 Å². The van der Waals surface area contributed by atoms with Gasteiger partial charge in [-0.15, -0.1) is 10.2 Å². The number of carbonyl (C=O) groups is 1. The second-order valence-electron chi connectivity index (χ2n) is 8.69. The molecule has 6 heteroatoms. The van der Waals surface area contributed by atoms with Gasteiger partial charge in [0.2, 0.25) is 11.8 Å². The molecule has 1 saturated heterocycles. The number of carbonyl (C=O) groups excluding carboxylic acids is 1. The van der Waals surface area contributed by atoms with Crippen LogP contribution in [0.1, 0.15) is 48.5 Å². The Hall–Kier alpha value is -2.31. The van der Waals surface area contributed by atoms with E-state index >= 15 is 0 Å². The van der Waals surface area contributed by atoms with Crippen molar-refractivity contribution in [3.8, 4) is 11.5 Å². The Morgan fingerprint density at radius 2 is 1.81 bits per heavy atom. The van der Waals surface area contributed by atoms with Gasteiger partial charge in [-0.05, 0) is 71.9 Å². The molecule has 1 aliphatic heterocycles. The number of benzene rings is 2. The molecule has 1 aliphatic rings. The molecule has 2 heterocycles. The zero-order valence-corrected chi connectivity index (χ0v) is 19.6. The van der Waals surface area contributed by atoms with Crippen molar-refractivity contribution in [2.45, 2.75) is 39.7 Å². The Morgan fingerprint density at radius 1 is 1.10 bits per heavy atom. The zero-order valence-electron chi connectivity index (χ0n) is 18.1. The van der Waals surface area contributed by atoms with Crippen LogP contribution in [-0.4, -0.2) is 34.0 Å². The number of piperidine rings is 1. The van der Waals surface area contributed by atoms with Crippen LogP contribution in [0.5, 0.6) is 0 Å². The minimum Gasteiger partial charge on any atom is -0.419 e. The molecular weight excluding hydrogens is 454 g/mol. The summed E-state index contributed by atoms with van der Waals surface area (Å²) in [4.78, 5) is 15.2. The number of rotatable bonds is 7. The van der Waals surface area contributed by atoms with Crippen LogP contribution in [0.25, 0.3) is 11.5 Å². The molecule has 1 aromatic heterocycles. The van der Waals surface area contributed by atoms with E-state index in [4.69, 9.17) is 4.42 Å². The first-order chi connectivity index (χ1) is 15.0. The van der Waals surface area contributed by atoms with Crippen molar-refractivity contribution in [2.75, 3.05) is 13.1 Å². The van der Waals surface area contributed by atoms with Gasteiger partial charge in [-0.1, -0.05) is 50.2 Å². The fraction of sp³-hybridized carbons (Fsp3) is 0.400. The number of likely N-dealkylation sites (tertiary alicyclic amines) is 1. The average Bonchev–Trinajstić information content (AvgIpc) is 3.22. The van der Waals surface area contributed by atoms with E-state index < -0.39 is 0 Å². The molecule has 1 fully saturated rings. The van der Waals surface area contributed by atoms with Crippen LogP contribution in [-0.2, 0) is 13.0 Å². The third-order valence-electron chi connectivity index (χ3n) is 5.77. The fourth-order valence-corrected chi connectivity index (χ4v) is 4.57. The van der Waals surface area contributed by atoms with E-state index in [0.29, 0.717) is 24.2 Å². The molecule has 0 atom stereocenters. The molecule has 0 spiro atoms. The molecule has 0 unspecified atom stereocenters. The molecular formula is C25H28BrN3O2. The zero-order chi connectivity index (χ0) is 21.8. The van der Waals surface area contributed by atoms with Crippen molar-refractivity contribution < 1.29 is 9.21 Å². The second-order valence-corrected chi connectivity index (χ2v) is 9.54. The Kier molecular flexibility index (Phi) is 6.98. The maximum absolute atomic E-state index is 12.9. The highest BCUT2D eigenvalue weighted by atomic mass is 79.9. The van der Waals surface area contributed by atoms with E-state index in [0.717, 1.165) is 48.0 Å². The summed E-state index contributed by atoms with van der Waals surface area (Å²) < 4.78 is 6.81. The first-order valence-electron chi connectivity index (χ1n) is 10.9. The topological polar surface area (TPSA) is 59.2 Å². The standard InChI is InChI=1S/C25H28BrN3O2/c1-17(2)15-18-7-9-19(10-8-18)24(30)20-11-13-29(14-12-20)16-23-27-28-25(31-23)21-5-3-4-6-22(21)26/h3-10,17,20H,11-16H2,1-2H3. The molecule has 31 heavy (non-hydrogen) atoms. The second kappa shape index (κ2) is 9.88. The monoisotopic (exact) mass is 481 g/mol. The Morgan fingerprint density at radius 3 is 2.48 bits per heavy atom. The summed E-state index contributed by atoms with van der Waals surface area (Å²) in [5, 5.41) is 8.40. The normalized spacial score (nSPS) is 15.5. The predicted octanol–water partition coefficient (Wildman–Crippen LogP) is 5.79. The molecule has 5 nitrogen and oxygen atoms in total. The van der Waals surface area contributed by atoms with Crippen molar-refractivity contribution in [3.05, 3.63) is 70.0 Å². The molecule has 3 aromatic rings. The van der Waals surface area contributed by atoms with Gasteiger partial charge in [-0.2, -0.15) is 0 Å². The number of nitrogens with zero attached hydrogens (tertiary/aromatic N) is 3. The summed E-state index contributed by atoms with van der Waals surface area (Å²) >= 11 is 3.52. The summed E-state index contributed by atoms with van der Waals surface area (Å²) in [6.45, 7) is 6.75. The molecule has 0 saturated carbocycles. The highest BCUT2D eigenvalue weighted by Crippen LogP contribution is 2.28. The summed E-state index contributed by atoms with van der Waals surface area (Å²) in [5.74, 6) is 2.11. The lowest BCUT2D eigenvalue weighted by Crippen LogP contribution is -2.36. The smallest absolute Gasteiger partial charge is 0.248 e. The van der Waals surface area contributed by atoms with Crippen molar-refractivity contribution in [1.82, 2.24) is 15.1 Å². The van der Waals surface area contributed by atoms with Crippen molar-refractivity contribution >= 4 is 21.7 Å². The molecule has 0 radical (unpaired) electrons. The third kappa shape index (κ3) is 5.49. The van der Waals surface area contributed by atoms with E-state index in [1.54, 1.807) is 0 Å². The van der Waals surface area contributed by atoms with E-state index in [2.05, 4.69) is 57.0 Å². The maximum atomic E-state index is 12.9. The van der Waals surface area contributed by atoms with Gasteiger partial charge >= 0.3 is 0 Å². The van der Waals surface area contributed by atoms with Crippen molar-refractivity contribution in [1.29, 1.82) is 0 Å². The van der Waals surface area contributed by atoms with Crippen LogP contribution in [0.2, 0.25) is 0 Å². The van der Waals surface area contributed by atoms with Gasteiger partial charge in [-0.3, -0.25) is 9.69 Å². The van der Waals surface area contributed by atoms with E-state index in [1.165, 1.54) is 5.56 Å². The predicted molar refractivity (Wildman–Crippen MR) is 125 cm³/mol. The van der Waals surface area contributed by atoms with Gasteiger partial charge in [-0.25, -0.2) is 0 Å². The molecule has 0 bridgehead atoms. The lowest BCUT2D eigenvalue weighted by Gasteiger charge is -2.30. The minimum absolute atomic E-state index is 0.0886. The number of halogens is 1. The first kappa shape index (κ1) is 21.9. The third-order valence-corrected chi connectivity index (χ3v) is 6.46. The van der Waals surface area contributed by atoms with Crippen molar-refractivity contribution in [3.63, 3.8) is 0 Å². The van der Waals surface area contributed by atoms with Crippen LogP contribution in [0.15, 0.2) is 57.4 Å². The van der Waals surface area contributed by atoms with Gasteiger partial charge < -0.3 is 4.42 Å². The van der Waals surface area contributed by atoms with E-state index in [1.807, 2.05) is 36.4 Å². The SMILES string of the molecule is CC(C)Cc1ccc(C(=O)C2CCN(Cc3nnc(-c4ccccc4Br)o3)CC2)cc1. The van der Waals surface area contributed by atoms with Crippen LogP contribution < -0.4 is 0 Å². The van der Waals surface area contributed by atoms with Crippen LogP contribution in [0.3, 0.4) is 0 Å². The quantitative estimate of drug-likeness (QED) is 0.399. The summed E-state index contributed by atoms with van der Waals surface area (Å²) in [5.41, 5.74) is 3.02. The molecule has 0 N–H and O–H groups in total. The van der Waals surface area contributed by atoms with Gasteiger partial charge in [0.15, 0.2) is 5.78 Å². The molecule has 4 rings (SSSR count). The van der Waals surface area contributed by atoms with Crippen molar-refractivity contribution in [2.24, 2.45) is 11.8 Å².